The van der Waals surface area contributed by atoms with E-state index in [4.69, 9.17) is 27.9 Å². The van der Waals surface area contributed by atoms with Crippen LogP contribution < -0.4 is 4.74 Å². The molecule has 0 unspecified atom stereocenters. The van der Waals surface area contributed by atoms with Crippen molar-refractivity contribution in [1.82, 2.24) is 14.8 Å². The summed E-state index contributed by atoms with van der Waals surface area (Å²) in [5, 5.41) is 10.00. The summed E-state index contributed by atoms with van der Waals surface area (Å²) in [5.74, 6) is 1.32. The van der Waals surface area contributed by atoms with E-state index >= 15 is 0 Å². The molecule has 0 aliphatic rings. The highest BCUT2D eigenvalue weighted by Crippen LogP contribution is 2.27. The third-order valence-corrected chi connectivity index (χ3v) is 5.22. The number of aromatic nitrogens is 3. The van der Waals surface area contributed by atoms with Gasteiger partial charge in [0, 0.05) is 17.8 Å². The van der Waals surface area contributed by atoms with Crippen LogP contribution in [0.2, 0.25) is 10.0 Å². The second-order valence-electron chi connectivity index (χ2n) is 5.20. The molecule has 0 saturated heterocycles. The van der Waals surface area contributed by atoms with Gasteiger partial charge in [0.05, 0.1) is 5.02 Å². The predicted molar refractivity (Wildman–Crippen MR) is 97.8 cm³/mol. The van der Waals surface area contributed by atoms with Gasteiger partial charge in [-0.3, -0.25) is 0 Å². The Morgan fingerprint density at radius 3 is 2.68 bits per heavy atom. The number of benzene rings is 2. The van der Waals surface area contributed by atoms with Crippen molar-refractivity contribution in [3.63, 3.8) is 0 Å². The zero-order chi connectivity index (χ0) is 17.8. The minimum atomic E-state index is -0.408. The van der Waals surface area contributed by atoms with E-state index in [-0.39, 0.29) is 11.6 Å². The van der Waals surface area contributed by atoms with Crippen molar-refractivity contribution in [2.75, 3.05) is 0 Å². The number of thioether (sulfide) groups is 1. The normalized spacial score (nSPS) is 10.9. The summed E-state index contributed by atoms with van der Waals surface area (Å²) < 4.78 is 20.5. The van der Waals surface area contributed by atoms with Gasteiger partial charge in [-0.1, -0.05) is 53.2 Å². The van der Waals surface area contributed by atoms with Crippen LogP contribution in [0.15, 0.2) is 47.6 Å². The van der Waals surface area contributed by atoms with Crippen LogP contribution in [-0.4, -0.2) is 14.8 Å². The molecule has 0 fully saturated rings. The quantitative estimate of drug-likeness (QED) is 0.540. The Kier molecular flexibility index (Phi) is 5.83. The molecular weight excluding hydrogens is 384 g/mol. The molecule has 8 heteroatoms. The highest BCUT2D eigenvalue weighted by atomic mass is 35.5. The molecule has 25 heavy (non-hydrogen) atoms. The maximum atomic E-state index is 13.1. The van der Waals surface area contributed by atoms with Gasteiger partial charge in [-0.15, -0.1) is 10.2 Å². The predicted octanol–water partition coefficient (Wildman–Crippen LogP) is 5.13. The largest absolute Gasteiger partial charge is 0.484 e. The fourth-order valence-corrected chi connectivity index (χ4v) is 3.53. The first-order valence-electron chi connectivity index (χ1n) is 7.37. The van der Waals surface area contributed by atoms with Crippen molar-refractivity contribution in [2.24, 2.45) is 7.05 Å². The van der Waals surface area contributed by atoms with Crippen LogP contribution in [-0.2, 0) is 19.4 Å². The number of nitrogens with zero attached hydrogens (tertiary/aromatic N) is 3. The van der Waals surface area contributed by atoms with Gasteiger partial charge in [0.25, 0.3) is 0 Å². The van der Waals surface area contributed by atoms with Crippen molar-refractivity contribution >= 4 is 35.0 Å². The summed E-state index contributed by atoms with van der Waals surface area (Å²) in [6.45, 7) is 0.182. The summed E-state index contributed by atoms with van der Waals surface area (Å²) in [6.07, 6.45) is 0. The Hall–Kier alpha value is -1.76. The topological polar surface area (TPSA) is 39.9 Å². The lowest BCUT2D eigenvalue weighted by molar-refractivity contribution is 0.290. The first kappa shape index (κ1) is 18.0. The van der Waals surface area contributed by atoms with Gasteiger partial charge in [0.2, 0.25) is 0 Å². The van der Waals surface area contributed by atoms with Crippen molar-refractivity contribution in [3.8, 4) is 5.75 Å². The Balaban J connectivity index is 1.64. The molecule has 0 radical (unpaired) electrons. The standard InChI is InChI=1S/C17H14Cl2FN3OS/c1-23-16(9-24-15-7-6-12(20)8-14(15)19)21-22-17(23)25-10-11-4-2-3-5-13(11)18/h2-8H,9-10H2,1H3. The first-order chi connectivity index (χ1) is 12.0. The molecule has 0 amide bonds. The monoisotopic (exact) mass is 397 g/mol. The lowest BCUT2D eigenvalue weighted by atomic mass is 10.2. The van der Waals surface area contributed by atoms with Gasteiger partial charge in [-0.05, 0) is 29.8 Å². The van der Waals surface area contributed by atoms with Gasteiger partial charge in [-0.2, -0.15) is 0 Å². The van der Waals surface area contributed by atoms with Gasteiger partial charge in [0.1, 0.15) is 18.2 Å². The highest BCUT2D eigenvalue weighted by Gasteiger charge is 2.12. The van der Waals surface area contributed by atoms with Crippen LogP contribution in [0.5, 0.6) is 5.75 Å². The van der Waals surface area contributed by atoms with E-state index in [1.54, 1.807) is 0 Å². The second kappa shape index (κ2) is 8.08. The summed E-state index contributed by atoms with van der Waals surface area (Å²) in [7, 11) is 1.86. The van der Waals surface area contributed by atoms with Crippen LogP contribution in [0.25, 0.3) is 0 Å². The van der Waals surface area contributed by atoms with Crippen LogP contribution in [0.3, 0.4) is 0 Å². The van der Waals surface area contributed by atoms with Crippen molar-refractivity contribution in [3.05, 3.63) is 69.7 Å². The van der Waals surface area contributed by atoms with Gasteiger partial charge in [0.15, 0.2) is 11.0 Å². The van der Waals surface area contributed by atoms with E-state index < -0.39 is 5.82 Å². The van der Waals surface area contributed by atoms with E-state index in [2.05, 4.69) is 10.2 Å². The van der Waals surface area contributed by atoms with E-state index in [9.17, 15) is 4.39 Å². The molecule has 130 valence electrons. The molecule has 2 aromatic carbocycles. The fourth-order valence-electron chi connectivity index (χ4n) is 2.09. The molecular formula is C17H14Cl2FN3OS. The van der Waals surface area contributed by atoms with Gasteiger partial charge in [-0.25, -0.2) is 4.39 Å². The number of hydrogen-bond acceptors (Lipinski definition) is 4. The lowest BCUT2D eigenvalue weighted by Gasteiger charge is -2.08. The summed E-state index contributed by atoms with van der Waals surface area (Å²) in [4.78, 5) is 0. The number of hydrogen-bond donors (Lipinski definition) is 0. The Labute approximate surface area is 158 Å². The number of ether oxygens (including phenoxy) is 1. The van der Waals surface area contributed by atoms with Crippen LogP contribution in [0, 0.1) is 5.82 Å². The Bertz CT molecular complexity index is 888. The molecule has 0 saturated carbocycles. The minimum Gasteiger partial charge on any atom is -0.484 e. The number of rotatable bonds is 6. The van der Waals surface area contributed by atoms with Crippen molar-refractivity contribution in [1.29, 1.82) is 0 Å². The maximum Gasteiger partial charge on any atom is 0.191 e. The summed E-state index contributed by atoms with van der Waals surface area (Å²) in [5.41, 5.74) is 1.04. The highest BCUT2D eigenvalue weighted by molar-refractivity contribution is 7.98. The van der Waals surface area contributed by atoms with Crippen LogP contribution in [0.1, 0.15) is 11.4 Å². The Morgan fingerprint density at radius 2 is 1.92 bits per heavy atom. The van der Waals surface area contributed by atoms with Crippen LogP contribution >= 0.6 is 35.0 Å². The third-order valence-electron chi connectivity index (χ3n) is 3.49. The van der Waals surface area contributed by atoms with Crippen molar-refractivity contribution < 1.29 is 9.13 Å². The zero-order valence-corrected chi connectivity index (χ0v) is 15.6. The molecule has 3 rings (SSSR count). The molecule has 4 nitrogen and oxygen atoms in total. The first-order valence-corrected chi connectivity index (χ1v) is 9.11. The lowest BCUT2D eigenvalue weighted by Crippen LogP contribution is -2.04. The smallest absolute Gasteiger partial charge is 0.191 e. The molecule has 0 N–H and O–H groups in total. The van der Waals surface area contributed by atoms with Gasteiger partial charge < -0.3 is 9.30 Å². The third kappa shape index (κ3) is 4.45. The average molecular weight is 398 g/mol. The molecule has 0 aliphatic heterocycles. The molecule has 1 aromatic heterocycles. The summed E-state index contributed by atoms with van der Waals surface area (Å²) in [6, 6.07) is 11.7. The van der Waals surface area contributed by atoms with E-state index in [1.807, 2.05) is 35.9 Å². The molecule has 1 heterocycles. The van der Waals surface area contributed by atoms with E-state index in [0.717, 1.165) is 15.7 Å². The summed E-state index contributed by atoms with van der Waals surface area (Å²) >= 11 is 13.6. The molecule has 0 bridgehead atoms. The Morgan fingerprint density at radius 1 is 1.12 bits per heavy atom. The molecule has 0 atom stereocenters. The fraction of sp³-hybridized carbons (Fsp3) is 0.176. The molecule has 0 spiro atoms. The van der Waals surface area contributed by atoms with E-state index in [0.29, 0.717) is 17.3 Å². The van der Waals surface area contributed by atoms with Gasteiger partial charge >= 0.3 is 0 Å². The minimum absolute atomic E-state index is 0.182. The molecule has 3 aromatic rings. The molecule has 0 aliphatic carbocycles. The van der Waals surface area contributed by atoms with Crippen LogP contribution in [0.4, 0.5) is 4.39 Å². The number of halogens is 3. The zero-order valence-electron chi connectivity index (χ0n) is 13.2. The maximum absolute atomic E-state index is 13.1. The SMILES string of the molecule is Cn1c(COc2ccc(F)cc2Cl)nnc1SCc1ccccc1Cl. The second-order valence-corrected chi connectivity index (χ2v) is 6.96. The van der Waals surface area contributed by atoms with Crippen molar-refractivity contribution in [2.45, 2.75) is 17.5 Å². The van der Waals surface area contributed by atoms with E-state index in [1.165, 1.54) is 30.0 Å². The average Bonchev–Trinajstić information content (AvgIpc) is 2.94.